The topological polar surface area (TPSA) is 62.5 Å². The van der Waals surface area contributed by atoms with E-state index in [0.717, 1.165) is 48.2 Å². The molecule has 0 N–H and O–H groups in total. The fourth-order valence-corrected chi connectivity index (χ4v) is 4.93. The molecule has 0 bridgehead atoms. The standard InChI is InChI=1S/C28H16Br2N4/c29-24-12-23(13-25(30)14-24)27-15-26(33-28(34-27)21-5-3-18(16-31)4-6-21)20-9-7-19(8-10-20)22-2-1-11-32-17-22/h1-15,17H. The largest absolute Gasteiger partial charge is 0.264 e. The third-order valence-electron chi connectivity index (χ3n) is 5.33. The number of aromatic nitrogens is 3. The molecule has 34 heavy (non-hydrogen) atoms. The molecule has 5 rings (SSSR count). The van der Waals surface area contributed by atoms with E-state index < -0.39 is 0 Å². The first-order valence-electron chi connectivity index (χ1n) is 10.5. The summed E-state index contributed by atoms with van der Waals surface area (Å²) in [5.74, 6) is 0.601. The average molecular weight is 568 g/mol. The number of rotatable bonds is 4. The van der Waals surface area contributed by atoms with E-state index >= 15 is 0 Å². The number of halogens is 2. The zero-order valence-corrected chi connectivity index (χ0v) is 21.0. The predicted octanol–water partition coefficient (Wildman–Crippen LogP) is 7.94. The molecule has 0 radical (unpaired) electrons. The maximum absolute atomic E-state index is 9.15. The van der Waals surface area contributed by atoms with Crippen LogP contribution in [0.5, 0.6) is 0 Å². The van der Waals surface area contributed by atoms with E-state index in [1.165, 1.54) is 0 Å². The third kappa shape index (κ3) is 4.81. The van der Waals surface area contributed by atoms with Crippen LogP contribution in [0.1, 0.15) is 5.56 Å². The number of benzene rings is 3. The second-order valence-electron chi connectivity index (χ2n) is 7.63. The number of hydrogen-bond donors (Lipinski definition) is 0. The highest BCUT2D eigenvalue weighted by Crippen LogP contribution is 2.32. The summed E-state index contributed by atoms with van der Waals surface area (Å²) in [4.78, 5) is 13.9. The molecule has 0 unspecified atom stereocenters. The molecule has 2 heterocycles. The first-order valence-corrected chi connectivity index (χ1v) is 12.0. The maximum Gasteiger partial charge on any atom is 0.160 e. The molecule has 0 saturated heterocycles. The minimum absolute atomic E-state index is 0.599. The smallest absolute Gasteiger partial charge is 0.160 e. The summed E-state index contributed by atoms with van der Waals surface area (Å²) in [6.07, 6.45) is 3.62. The molecule has 0 aliphatic carbocycles. The van der Waals surface area contributed by atoms with Crippen molar-refractivity contribution in [2.24, 2.45) is 0 Å². The van der Waals surface area contributed by atoms with Gasteiger partial charge in [-0.15, -0.1) is 0 Å². The van der Waals surface area contributed by atoms with Crippen molar-refractivity contribution in [2.45, 2.75) is 0 Å². The van der Waals surface area contributed by atoms with Gasteiger partial charge in [-0.2, -0.15) is 5.26 Å². The summed E-state index contributed by atoms with van der Waals surface area (Å²) >= 11 is 7.15. The molecule has 0 aliphatic rings. The van der Waals surface area contributed by atoms with Crippen molar-refractivity contribution < 1.29 is 0 Å². The van der Waals surface area contributed by atoms with Gasteiger partial charge in [0, 0.05) is 38.0 Å². The van der Waals surface area contributed by atoms with Gasteiger partial charge >= 0.3 is 0 Å². The van der Waals surface area contributed by atoms with E-state index in [9.17, 15) is 0 Å². The summed E-state index contributed by atoms with van der Waals surface area (Å²) in [6.45, 7) is 0. The van der Waals surface area contributed by atoms with Crippen LogP contribution in [-0.4, -0.2) is 15.0 Å². The Hall–Kier alpha value is -3.66. The van der Waals surface area contributed by atoms with Gasteiger partial charge in [0.2, 0.25) is 0 Å². The zero-order chi connectivity index (χ0) is 23.5. The number of pyridine rings is 1. The normalized spacial score (nSPS) is 10.6. The van der Waals surface area contributed by atoms with Crippen molar-refractivity contribution in [1.82, 2.24) is 15.0 Å². The Kier molecular flexibility index (Phi) is 6.31. The molecule has 4 nitrogen and oxygen atoms in total. The maximum atomic E-state index is 9.15. The molecule has 0 spiro atoms. The van der Waals surface area contributed by atoms with Crippen LogP contribution in [0.2, 0.25) is 0 Å². The lowest BCUT2D eigenvalue weighted by molar-refractivity contribution is 1.18. The van der Waals surface area contributed by atoms with E-state index in [4.69, 9.17) is 15.2 Å². The van der Waals surface area contributed by atoms with Gasteiger partial charge in [0.25, 0.3) is 0 Å². The van der Waals surface area contributed by atoms with E-state index in [0.29, 0.717) is 11.4 Å². The number of nitriles is 1. The lowest BCUT2D eigenvalue weighted by Gasteiger charge is -2.11. The molecular formula is C28H16Br2N4. The van der Waals surface area contributed by atoms with Crippen LogP contribution in [0.25, 0.3) is 45.0 Å². The summed E-state index contributed by atoms with van der Waals surface area (Å²) in [7, 11) is 0. The van der Waals surface area contributed by atoms with Crippen LogP contribution < -0.4 is 0 Å². The Morgan fingerprint density at radius 2 is 1.24 bits per heavy atom. The van der Waals surface area contributed by atoms with Gasteiger partial charge in [0.1, 0.15) is 0 Å². The summed E-state index contributed by atoms with van der Waals surface area (Å²) in [5, 5.41) is 9.15. The molecule has 2 aromatic heterocycles. The fourth-order valence-electron chi connectivity index (χ4n) is 3.63. The first-order chi connectivity index (χ1) is 16.6. The minimum atomic E-state index is 0.599. The van der Waals surface area contributed by atoms with Crippen molar-refractivity contribution in [1.29, 1.82) is 5.26 Å². The second-order valence-corrected chi connectivity index (χ2v) is 9.46. The van der Waals surface area contributed by atoms with Crippen LogP contribution in [0.3, 0.4) is 0 Å². The SMILES string of the molecule is N#Cc1ccc(-c2nc(-c3ccc(-c4cccnc4)cc3)cc(-c3cc(Br)cc(Br)c3)n2)cc1. The van der Waals surface area contributed by atoms with Crippen LogP contribution >= 0.6 is 31.9 Å². The second kappa shape index (κ2) is 9.68. The summed E-state index contributed by atoms with van der Waals surface area (Å²) in [5.41, 5.74) is 7.18. The number of hydrogen-bond acceptors (Lipinski definition) is 4. The molecule has 3 aromatic carbocycles. The van der Waals surface area contributed by atoms with Crippen LogP contribution in [0.4, 0.5) is 0 Å². The fraction of sp³-hybridized carbons (Fsp3) is 0. The molecule has 0 aliphatic heterocycles. The van der Waals surface area contributed by atoms with Crippen LogP contribution in [0, 0.1) is 11.3 Å². The van der Waals surface area contributed by atoms with Crippen molar-refractivity contribution in [2.75, 3.05) is 0 Å². The lowest BCUT2D eigenvalue weighted by atomic mass is 10.0. The molecule has 6 heteroatoms. The minimum Gasteiger partial charge on any atom is -0.264 e. The highest BCUT2D eigenvalue weighted by Gasteiger charge is 2.12. The zero-order valence-electron chi connectivity index (χ0n) is 17.8. The highest BCUT2D eigenvalue weighted by atomic mass is 79.9. The van der Waals surface area contributed by atoms with E-state index in [-0.39, 0.29) is 0 Å². The van der Waals surface area contributed by atoms with Crippen LogP contribution in [-0.2, 0) is 0 Å². The van der Waals surface area contributed by atoms with Crippen molar-refractivity contribution in [3.8, 4) is 51.1 Å². The van der Waals surface area contributed by atoms with Gasteiger partial charge < -0.3 is 0 Å². The quantitative estimate of drug-likeness (QED) is 0.221. The molecule has 0 saturated carbocycles. The van der Waals surface area contributed by atoms with Gasteiger partial charge in [0.15, 0.2) is 5.82 Å². The number of nitrogens with zero attached hydrogens (tertiary/aromatic N) is 4. The molecule has 162 valence electrons. The Morgan fingerprint density at radius 1 is 0.618 bits per heavy atom. The molecular weight excluding hydrogens is 552 g/mol. The lowest BCUT2D eigenvalue weighted by Crippen LogP contribution is -1.96. The van der Waals surface area contributed by atoms with Gasteiger partial charge in [0.05, 0.1) is 23.0 Å². The third-order valence-corrected chi connectivity index (χ3v) is 6.25. The van der Waals surface area contributed by atoms with E-state index in [2.05, 4.69) is 67.2 Å². The van der Waals surface area contributed by atoms with Gasteiger partial charge in [-0.25, -0.2) is 9.97 Å². The van der Waals surface area contributed by atoms with Gasteiger partial charge in [-0.3, -0.25) is 4.98 Å². The van der Waals surface area contributed by atoms with Crippen LogP contribution in [0.15, 0.2) is 106 Å². The summed E-state index contributed by atoms with van der Waals surface area (Å²) < 4.78 is 1.91. The van der Waals surface area contributed by atoms with Gasteiger partial charge in [-0.05, 0) is 65.7 Å². The first kappa shape index (κ1) is 22.1. The molecule has 0 atom stereocenters. The molecule has 0 fully saturated rings. The van der Waals surface area contributed by atoms with Crippen molar-refractivity contribution in [3.63, 3.8) is 0 Å². The van der Waals surface area contributed by atoms with Gasteiger partial charge in [-0.1, -0.05) is 62.2 Å². The Morgan fingerprint density at radius 3 is 1.85 bits per heavy atom. The molecule has 5 aromatic rings. The predicted molar refractivity (Wildman–Crippen MR) is 142 cm³/mol. The summed E-state index contributed by atoms with van der Waals surface area (Å²) in [6, 6.07) is 29.8. The Labute approximate surface area is 214 Å². The van der Waals surface area contributed by atoms with Crippen molar-refractivity contribution in [3.05, 3.63) is 112 Å². The van der Waals surface area contributed by atoms with E-state index in [1.54, 1.807) is 18.3 Å². The monoisotopic (exact) mass is 566 g/mol. The van der Waals surface area contributed by atoms with E-state index in [1.807, 2.05) is 54.7 Å². The average Bonchev–Trinajstić information content (AvgIpc) is 2.88. The Balaban J connectivity index is 1.63. The molecule has 0 amide bonds. The van der Waals surface area contributed by atoms with Crippen molar-refractivity contribution >= 4 is 31.9 Å². The highest BCUT2D eigenvalue weighted by molar-refractivity contribution is 9.11. The Bertz CT molecular complexity index is 1490.